The van der Waals surface area contributed by atoms with E-state index < -0.39 is 46.6 Å². The molecule has 1 heterocycles. The van der Waals surface area contributed by atoms with E-state index in [0.717, 1.165) is 35.2 Å². The second-order valence-electron chi connectivity index (χ2n) is 6.83. The average molecular weight is 444 g/mol. The quantitative estimate of drug-likeness (QED) is 0.336. The second-order valence-corrected chi connectivity index (χ2v) is 7.26. The monoisotopic (exact) mass is 443 g/mol. The van der Waals surface area contributed by atoms with E-state index in [0.29, 0.717) is 0 Å². The van der Waals surface area contributed by atoms with Gasteiger partial charge in [0.05, 0.1) is 17.3 Å². The molecule has 1 saturated heterocycles. The van der Waals surface area contributed by atoms with Gasteiger partial charge >= 0.3 is 0 Å². The number of carbonyl (C=O) groups excluding carboxylic acids is 2. The number of Topliss-reactive ketones (excluding diaryl/α,β-unsaturated/α-hetero) is 1. The van der Waals surface area contributed by atoms with E-state index in [1.165, 1.54) is 30.3 Å². The molecule has 0 spiro atoms. The number of rotatable bonds is 3. The number of aliphatic hydroxyl groups excluding tert-OH is 1. The number of anilines is 1. The van der Waals surface area contributed by atoms with Gasteiger partial charge in [-0.2, -0.15) is 0 Å². The van der Waals surface area contributed by atoms with E-state index >= 15 is 0 Å². The van der Waals surface area contributed by atoms with Crippen molar-refractivity contribution in [3.8, 4) is 0 Å². The molecule has 1 N–H and O–H groups in total. The van der Waals surface area contributed by atoms with Crippen molar-refractivity contribution in [2.45, 2.75) is 6.04 Å². The van der Waals surface area contributed by atoms with Crippen molar-refractivity contribution in [1.29, 1.82) is 0 Å². The highest BCUT2D eigenvalue weighted by atomic mass is 35.5. The van der Waals surface area contributed by atoms with Crippen molar-refractivity contribution < 1.29 is 27.9 Å². The van der Waals surface area contributed by atoms with Crippen molar-refractivity contribution in [2.75, 3.05) is 4.90 Å². The maximum Gasteiger partial charge on any atom is 0.300 e. The number of carbonyl (C=O) groups is 2. The van der Waals surface area contributed by atoms with Crippen LogP contribution in [-0.4, -0.2) is 16.8 Å². The van der Waals surface area contributed by atoms with Gasteiger partial charge < -0.3 is 5.11 Å². The molecule has 0 aliphatic carbocycles. The van der Waals surface area contributed by atoms with E-state index in [4.69, 9.17) is 11.6 Å². The third-order valence-corrected chi connectivity index (χ3v) is 5.13. The fourth-order valence-electron chi connectivity index (χ4n) is 3.50. The van der Waals surface area contributed by atoms with Crippen molar-refractivity contribution >= 4 is 34.7 Å². The Hall–Kier alpha value is -3.58. The molecule has 31 heavy (non-hydrogen) atoms. The lowest BCUT2D eigenvalue weighted by Crippen LogP contribution is -2.30. The highest BCUT2D eigenvalue weighted by molar-refractivity contribution is 6.51. The van der Waals surface area contributed by atoms with Crippen LogP contribution < -0.4 is 4.90 Å². The lowest BCUT2D eigenvalue weighted by atomic mass is 9.95. The summed E-state index contributed by atoms with van der Waals surface area (Å²) in [5, 5.41) is 11.2. The molecule has 0 saturated carbocycles. The number of nitrogens with zero attached hydrogens (tertiary/aromatic N) is 1. The van der Waals surface area contributed by atoms with Crippen molar-refractivity contribution in [2.24, 2.45) is 0 Å². The third-order valence-electron chi connectivity index (χ3n) is 4.90. The fraction of sp³-hybridized carbons (Fsp3) is 0.0435. The van der Waals surface area contributed by atoms with Gasteiger partial charge in [-0.3, -0.25) is 14.5 Å². The van der Waals surface area contributed by atoms with Crippen LogP contribution >= 0.6 is 11.6 Å². The molecule has 1 atom stereocenters. The lowest BCUT2D eigenvalue weighted by molar-refractivity contribution is -0.132. The zero-order valence-corrected chi connectivity index (χ0v) is 16.4. The highest BCUT2D eigenvalue weighted by Crippen LogP contribution is 2.43. The van der Waals surface area contributed by atoms with Crippen LogP contribution in [0.2, 0.25) is 5.02 Å². The molecule has 1 unspecified atom stereocenters. The summed E-state index contributed by atoms with van der Waals surface area (Å²) in [5.41, 5.74) is -0.478. The molecule has 0 radical (unpaired) electrons. The Morgan fingerprint density at radius 3 is 2.26 bits per heavy atom. The van der Waals surface area contributed by atoms with Crippen LogP contribution in [0.15, 0.2) is 72.3 Å². The molecule has 156 valence electrons. The lowest BCUT2D eigenvalue weighted by Gasteiger charge is -2.25. The van der Waals surface area contributed by atoms with Gasteiger partial charge in [0.25, 0.3) is 11.7 Å². The molecule has 3 aromatic rings. The van der Waals surface area contributed by atoms with Crippen molar-refractivity contribution in [3.05, 3.63) is 106 Å². The van der Waals surface area contributed by atoms with E-state index in [9.17, 15) is 27.9 Å². The molecule has 4 nitrogen and oxygen atoms in total. The van der Waals surface area contributed by atoms with Crippen LogP contribution in [0.3, 0.4) is 0 Å². The molecule has 8 heteroatoms. The maximum absolute atomic E-state index is 14.6. The van der Waals surface area contributed by atoms with Gasteiger partial charge in [0.1, 0.15) is 23.2 Å². The molecule has 1 aliphatic rings. The summed E-state index contributed by atoms with van der Waals surface area (Å²) in [7, 11) is 0. The first-order valence-corrected chi connectivity index (χ1v) is 9.43. The van der Waals surface area contributed by atoms with E-state index in [1.807, 2.05) is 0 Å². The van der Waals surface area contributed by atoms with E-state index in [2.05, 4.69) is 0 Å². The Balaban J connectivity index is 1.99. The molecule has 4 rings (SSSR count). The molecule has 0 bridgehead atoms. The smallest absolute Gasteiger partial charge is 0.300 e. The number of amides is 1. The van der Waals surface area contributed by atoms with Gasteiger partial charge in [0, 0.05) is 16.7 Å². The average Bonchev–Trinajstić information content (AvgIpc) is 3.00. The molecule has 1 aliphatic heterocycles. The minimum Gasteiger partial charge on any atom is -0.507 e. The largest absolute Gasteiger partial charge is 0.507 e. The summed E-state index contributed by atoms with van der Waals surface area (Å²) in [6.45, 7) is 0. The molecular weight excluding hydrogens is 431 g/mol. The number of ketones is 1. The highest BCUT2D eigenvalue weighted by Gasteiger charge is 2.47. The molecule has 3 aromatic carbocycles. The van der Waals surface area contributed by atoms with Crippen LogP contribution in [0, 0.1) is 17.5 Å². The first-order chi connectivity index (χ1) is 14.8. The fourth-order valence-corrected chi connectivity index (χ4v) is 3.69. The van der Waals surface area contributed by atoms with Gasteiger partial charge in [0.2, 0.25) is 0 Å². The predicted octanol–water partition coefficient (Wildman–Crippen LogP) is 5.38. The first kappa shape index (κ1) is 20.7. The number of aliphatic hydroxyl groups is 1. The molecule has 0 aromatic heterocycles. The van der Waals surface area contributed by atoms with Crippen LogP contribution in [0.5, 0.6) is 0 Å². The number of hydrogen-bond acceptors (Lipinski definition) is 3. The second kappa shape index (κ2) is 7.92. The SMILES string of the molecule is O=C1C(=O)N(c2cc(F)ccc2F)C(c2ccc(F)cc2)/C1=C(\O)c1cccc(Cl)c1. The Morgan fingerprint density at radius 2 is 1.58 bits per heavy atom. The van der Waals surface area contributed by atoms with E-state index in [1.54, 1.807) is 6.07 Å². The molecular formula is C23H13ClF3NO3. The third kappa shape index (κ3) is 3.68. The summed E-state index contributed by atoms with van der Waals surface area (Å²) < 4.78 is 41.9. The molecule has 1 amide bonds. The van der Waals surface area contributed by atoms with Gasteiger partial charge in [-0.25, -0.2) is 13.2 Å². The maximum atomic E-state index is 14.6. The van der Waals surface area contributed by atoms with Gasteiger partial charge in [-0.1, -0.05) is 35.9 Å². The minimum absolute atomic E-state index is 0.150. The minimum atomic E-state index is -1.32. The Labute approximate surface area is 179 Å². The van der Waals surface area contributed by atoms with Crippen LogP contribution in [0.4, 0.5) is 18.9 Å². The van der Waals surface area contributed by atoms with Gasteiger partial charge in [0.15, 0.2) is 0 Å². The summed E-state index contributed by atoms with van der Waals surface area (Å²) in [6, 6.07) is 11.9. The summed E-state index contributed by atoms with van der Waals surface area (Å²) in [5.74, 6) is -5.16. The van der Waals surface area contributed by atoms with Crippen molar-refractivity contribution in [3.63, 3.8) is 0 Å². The normalized spacial score (nSPS) is 17.9. The van der Waals surface area contributed by atoms with E-state index in [-0.39, 0.29) is 21.7 Å². The number of hydrogen-bond donors (Lipinski definition) is 1. The Morgan fingerprint density at radius 1 is 0.903 bits per heavy atom. The summed E-state index contributed by atoms with van der Waals surface area (Å²) in [4.78, 5) is 26.5. The van der Waals surface area contributed by atoms with Crippen LogP contribution in [0.1, 0.15) is 17.2 Å². The molecule has 1 fully saturated rings. The van der Waals surface area contributed by atoms with Gasteiger partial charge in [-0.15, -0.1) is 0 Å². The topological polar surface area (TPSA) is 57.6 Å². The number of benzene rings is 3. The van der Waals surface area contributed by atoms with Crippen molar-refractivity contribution in [1.82, 2.24) is 0 Å². The Bertz CT molecular complexity index is 1240. The number of halogens is 4. The van der Waals surface area contributed by atoms with Gasteiger partial charge in [-0.05, 0) is 42.0 Å². The zero-order chi connectivity index (χ0) is 22.3. The van der Waals surface area contributed by atoms with Crippen LogP contribution in [0.25, 0.3) is 5.76 Å². The predicted molar refractivity (Wildman–Crippen MR) is 109 cm³/mol. The van der Waals surface area contributed by atoms with Crippen LogP contribution in [-0.2, 0) is 9.59 Å². The standard InChI is InChI=1S/C23H13ClF3NO3/c24-14-3-1-2-13(10-14)21(29)19-20(12-4-6-15(25)7-5-12)28(23(31)22(19)30)18-11-16(26)8-9-17(18)27/h1-11,20,29H/b21-19+. The summed E-state index contributed by atoms with van der Waals surface area (Å²) >= 11 is 5.97. The summed E-state index contributed by atoms with van der Waals surface area (Å²) in [6.07, 6.45) is 0. The zero-order valence-electron chi connectivity index (χ0n) is 15.7. The Kier molecular flexibility index (Phi) is 5.29. The first-order valence-electron chi connectivity index (χ1n) is 9.05.